The fourth-order valence-electron chi connectivity index (χ4n) is 2.41. The van der Waals surface area contributed by atoms with E-state index in [0.29, 0.717) is 18.2 Å². The van der Waals surface area contributed by atoms with Crippen LogP contribution in [0.15, 0.2) is 0 Å². The van der Waals surface area contributed by atoms with Crippen molar-refractivity contribution in [2.45, 2.75) is 56.8 Å². The van der Waals surface area contributed by atoms with Crippen LogP contribution in [-0.2, 0) is 9.47 Å². The van der Waals surface area contributed by atoms with Gasteiger partial charge in [0.2, 0.25) is 0 Å². The predicted octanol–water partition coefficient (Wildman–Crippen LogP) is 1.71. The molecule has 1 atom stereocenters. The molecule has 0 amide bonds. The molecule has 1 heterocycles. The Morgan fingerprint density at radius 2 is 2.20 bits per heavy atom. The molecule has 1 aliphatic heterocycles. The molecular formula is C12H23NO2. The van der Waals surface area contributed by atoms with Crippen LogP contribution in [0.25, 0.3) is 0 Å². The monoisotopic (exact) mass is 213 g/mol. The fraction of sp³-hybridized carbons (Fsp3) is 1.00. The molecule has 1 N–H and O–H groups in total. The van der Waals surface area contributed by atoms with Crippen molar-refractivity contribution in [2.75, 3.05) is 20.3 Å². The van der Waals surface area contributed by atoms with Crippen LogP contribution in [0.4, 0.5) is 0 Å². The maximum atomic E-state index is 5.69. The van der Waals surface area contributed by atoms with Crippen LogP contribution in [0.3, 0.4) is 0 Å². The number of rotatable bonds is 5. The van der Waals surface area contributed by atoms with Crippen LogP contribution < -0.4 is 5.32 Å². The Hall–Kier alpha value is -0.120. The van der Waals surface area contributed by atoms with Gasteiger partial charge in [0, 0.05) is 19.8 Å². The molecule has 1 saturated heterocycles. The van der Waals surface area contributed by atoms with Crippen LogP contribution in [0, 0.1) is 0 Å². The lowest BCUT2D eigenvalue weighted by Crippen LogP contribution is -2.45. The third-order valence-electron chi connectivity index (χ3n) is 3.60. The zero-order chi connectivity index (χ0) is 10.5. The molecule has 3 heteroatoms. The van der Waals surface area contributed by atoms with E-state index in [2.05, 4.69) is 5.32 Å². The van der Waals surface area contributed by atoms with Gasteiger partial charge in [0.1, 0.15) is 0 Å². The van der Waals surface area contributed by atoms with Crippen molar-refractivity contribution in [3.8, 4) is 0 Å². The Bertz CT molecular complexity index is 174. The van der Waals surface area contributed by atoms with Crippen LogP contribution in [0.1, 0.15) is 38.5 Å². The average Bonchev–Trinajstić information content (AvgIpc) is 2.23. The highest BCUT2D eigenvalue weighted by Crippen LogP contribution is 2.22. The number of nitrogens with one attached hydrogen (secondary N) is 1. The molecule has 2 aliphatic rings. The van der Waals surface area contributed by atoms with E-state index in [4.69, 9.17) is 9.47 Å². The smallest absolute Gasteiger partial charge is 0.0601 e. The van der Waals surface area contributed by atoms with Gasteiger partial charge >= 0.3 is 0 Å². The third kappa shape index (κ3) is 3.44. The quantitative estimate of drug-likeness (QED) is 0.754. The molecule has 0 aromatic rings. The summed E-state index contributed by atoms with van der Waals surface area (Å²) in [6.45, 7) is 2.08. The van der Waals surface area contributed by atoms with E-state index in [-0.39, 0.29) is 0 Å². The molecule has 1 unspecified atom stereocenters. The summed E-state index contributed by atoms with van der Waals surface area (Å²) < 4.78 is 10.9. The Kier molecular flexibility index (Phi) is 4.42. The van der Waals surface area contributed by atoms with Gasteiger partial charge < -0.3 is 14.8 Å². The predicted molar refractivity (Wildman–Crippen MR) is 60.0 cm³/mol. The highest BCUT2D eigenvalue weighted by molar-refractivity contribution is 4.85. The van der Waals surface area contributed by atoms with Crippen molar-refractivity contribution >= 4 is 0 Å². The first-order valence-electron chi connectivity index (χ1n) is 6.26. The standard InChI is InChI=1S/C12H23NO2/c1-14-12-8-10(9-12)13-6-5-11-4-2-3-7-15-11/h10-13H,2-9H2,1H3. The summed E-state index contributed by atoms with van der Waals surface area (Å²) in [6, 6.07) is 0.693. The molecular weight excluding hydrogens is 190 g/mol. The van der Waals surface area contributed by atoms with Crippen molar-refractivity contribution < 1.29 is 9.47 Å². The molecule has 1 saturated carbocycles. The minimum absolute atomic E-state index is 0.508. The summed E-state index contributed by atoms with van der Waals surface area (Å²) in [5.41, 5.74) is 0. The van der Waals surface area contributed by atoms with Crippen molar-refractivity contribution in [2.24, 2.45) is 0 Å². The second-order valence-corrected chi connectivity index (χ2v) is 4.76. The van der Waals surface area contributed by atoms with Crippen LogP contribution in [0.5, 0.6) is 0 Å². The molecule has 3 nitrogen and oxygen atoms in total. The maximum Gasteiger partial charge on any atom is 0.0601 e. The Morgan fingerprint density at radius 1 is 1.33 bits per heavy atom. The van der Waals surface area contributed by atoms with Crippen LogP contribution in [-0.4, -0.2) is 38.5 Å². The minimum Gasteiger partial charge on any atom is -0.381 e. The first kappa shape index (κ1) is 11.4. The minimum atomic E-state index is 0.508. The maximum absolute atomic E-state index is 5.69. The Labute approximate surface area is 92.5 Å². The molecule has 0 bridgehead atoms. The molecule has 0 spiro atoms. The second-order valence-electron chi connectivity index (χ2n) is 4.76. The Balaban J connectivity index is 1.48. The van der Waals surface area contributed by atoms with Gasteiger partial charge in [0.25, 0.3) is 0 Å². The zero-order valence-electron chi connectivity index (χ0n) is 9.71. The fourth-order valence-corrected chi connectivity index (χ4v) is 2.41. The lowest BCUT2D eigenvalue weighted by Gasteiger charge is -2.35. The van der Waals surface area contributed by atoms with Crippen molar-refractivity contribution in [3.63, 3.8) is 0 Å². The molecule has 0 aromatic carbocycles. The summed E-state index contributed by atoms with van der Waals surface area (Å²) in [6.07, 6.45) is 8.42. The topological polar surface area (TPSA) is 30.5 Å². The van der Waals surface area contributed by atoms with Gasteiger partial charge in [-0.2, -0.15) is 0 Å². The molecule has 1 aliphatic carbocycles. The van der Waals surface area contributed by atoms with Gasteiger partial charge in [0.05, 0.1) is 12.2 Å². The zero-order valence-corrected chi connectivity index (χ0v) is 9.71. The van der Waals surface area contributed by atoms with Gasteiger partial charge in [-0.25, -0.2) is 0 Å². The van der Waals surface area contributed by atoms with Crippen molar-refractivity contribution in [3.05, 3.63) is 0 Å². The summed E-state index contributed by atoms with van der Waals surface area (Å²) in [4.78, 5) is 0. The lowest BCUT2D eigenvalue weighted by molar-refractivity contribution is 0.00274. The summed E-state index contributed by atoms with van der Waals surface area (Å²) in [7, 11) is 1.80. The SMILES string of the molecule is COC1CC(NCCC2CCCCO2)C1. The third-order valence-corrected chi connectivity index (χ3v) is 3.60. The largest absolute Gasteiger partial charge is 0.381 e. The van der Waals surface area contributed by atoms with Gasteiger partial charge in [-0.05, 0) is 45.1 Å². The molecule has 88 valence electrons. The number of hydrogen-bond donors (Lipinski definition) is 1. The van der Waals surface area contributed by atoms with E-state index in [9.17, 15) is 0 Å². The summed E-state index contributed by atoms with van der Waals surface area (Å²) >= 11 is 0. The molecule has 0 radical (unpaired) electrons. The summed E-state index contributed by atoms with van der Waals surface area (Å²) in [5, 5.41) is 3.57. The van der Waals surface area contributed by atoms with Gasteiger partial charge in [-0.15, -0.1) is 0 Å². The normalized spacial score (nSPS) is 36.2. The molecule has 15 heavy (non-hydrogen) atoms. The lowest BCUT2D eigenvalue weighted by atomic mass is 9.89. The van der Waals surface area contributed by atoms with E-state index in [1.54, 1.807) is 7.11 Å². The van der Waals surface area contributed by atoms with Crippen molar-refractivity contribution in [1.82, 2.24) is 5.32 Å². The van der Waals surface area contributed by atoms with E-state index >= 15 is 0 Å². The van der Waals surface area contributed by atoms with E-state index in [1.165, 1.54) is 38.5 Å². The van der Waals surface area contributed by atoms with E-state index in [1.807, 2.05) is 0 Å². The first-order valence-corrected chi connectivity index (χ1v) is 6.26. The molecule has 2 fully saturated rings. The van der Waals surface area contributed by atoms with Gasteiger partial charge in [-0.1, -0.05) is 0 Å². The van der Waals surface area contributed by atoms with Crippen LogP contribution in [0.2, 0.25) is 0 Å². The summed E-state index contributed by atoms with van der Waals surface area (Å²) in [5.74, 6) is 0. The van der Waals surface area contributed by atoms with Crippen LogP contribution >= 0.6 is 0 Å². The van der Waals surface area contributed by atoms with Crippen molar-refractivity contribution in [1.29, 1.82) is 0 Å². The number of methoxy groups -OCH3 is 1. The van der Waals surface area contributed by atoms with E-state index in [0.717, 1.165) is 13.2 Å². The highest BCUT2D eigenvalue weighted by Gasteiger charge is 2.28. The second kappa shape index (κ2) is 5.83. The molecule has 0 aromatic heterocycles. The Morgan fingerprint density at radius 3 is 2.87 bits per heavy atom. The molecule has 2 rings (SSSR count). The highest BCUT2D eigenvalue weighted by atomic mass is 16.5. The number of hydrogen-bond acceptors (Lipinski definition) is 3. The average molecular weight is 213 g/mol. The van der Waals surface area contributed by atoms with Gasteiger partial charge in [-0.3, -0.25) is 0 Å². The first-order chi connectivity index (χ1) is 7.38. The number of ether oxygens (including phenoxy) is 2. The van der Waals surface area contributed by atoms with Gasteiger partial charge in [0.15, 0.2) is 0 Å². The van der Waals surface area contributed by atoms with E-state index < -0.39 is 0 Å².